The first-order valence-corrected chi connectivity index (χ1v) is 7.16. The highest BCUT2D eigenvalue weighted by atomic mass is 32.2. The number of hydrogen-bond acceptors (Lipinski definition) is 4. The third-order valence-corrected chi connectivity index (χ3v) is 4.78. The number of sulfonamides is 1. The van der Waals surface area contributed by atoms with E-state index < -0.39 is 26.6 Å². The van der Waals surface area contributed by atoms with Gasteiger partial charge >= 0.3 is 0 Å². The Morgan fingerprint density at radius 2 is 1.89 bits per heavy atom. The van der Waals surface area contributed by atoms with Crippen LogP contribution in [0.3, 0.4) is 0 Å². The lowest BCUT2D eigenvalue weighted by Gasteiger charge is -2.26. The number of nitrogens with zero attached hydrogens (tertiary/aromatic N) is 1. The van der Waals surface area contributed by atoms with Gasteiger partial charge in [-0.2, -0.15) is 4.31 Å². The smallest absolute Gasteiger partial charge is 0.246 e. The van der Waals surface area contributed by atoms with Crippen molar-refractivity contribution in [2.75, 3.05) is 26.3 Å². The molecular formula is C11H14F2N2O3S. The van der Waals surface area contributed by atoms with Crippen LogP contribution < -0.4 is 5.73 Å². The fraction of sp³-hybridized carbons (Fsp3) is 0.455. The monoisotopic (exact) mass is 292 g/mol. The van der Waals surface area contributed by atoms with Crippen LogP contribution >= 0.6 is 0 Å². The molecule has 1 aromatic rings. The molecule has 0 amide bonds. The van der Waals surface area contributed by atoms with Crippen LogP contribution in [-0.2, 0) is 21.3 Å². The maximum atomic E-state index is 13.7. The number of benzene rings is 1. The predicted molar refractivity (Wildman–Crippen MR) is 63.8 cm³/mol. The van der Waals surface area contributed by atoms with Gasteiger partial charge in [0.25, 0.3) is 0 Å². The SMILES string of the molecule is NCc1cc(F)c(F)c(S(=O)(=O)N2CCOCC2)c1. The van der Waals surface area contributed by atoms with Crippen molar-refractivity contribution in [3.8, 4) is 0 Å². The van der Waals surface area contributed by atoms with Crippen LogP contribution in [0.1, 0.15) is 5.56 Å². The molecule has 2 rings (SSSR count). The Balaban J connectivity index is 2.47. The van der Waals surface area contributed by atoms with E-state index in [1.54, 1.807) is 0 Å². The van der Waals surface area contributed by atoms with Crippen molar-refractivity contribution in [1.82, 2.24) is 4.31 Å². The molecule has 19 heavy (non-hydrogen) atoms. The molecule has 0 saturated carbocycles. The number of rotatable bonds is 3. The Kier molecular flexibility index (Phi) is 4.14. The molecule has 0 atom stereocenters. The number of ether oxygens (including phenoxy) is 1. The first kappa shape index (κ1) is 14.3. The lowest BCUT2D eigenvalue weighted by Crippen LogP contribution is -2.41. The van der Waals surface area contributed by atoms with Crippen LogP contribution in [0.15, 0.2) is 17.0 Å². The minimum atomic E-state index is -4.07. The first-order valence-electron chi connectivity index (χ1n) is 5.72. The maximum absolute atomic E-state index is 13.7. The molecule has 1 fully saturated rings. The minimum absolute atomic E-state index is 0.0666. The second kappa shape index (κ2) is 5.49. The van der Waals surface area contributed by atoms with E-state index in [1.807, 2.05) is 0 Å². The third kappa shape index (κ3) is 2.76. The molecule has 2 N–H and O–H groups in total. The summed E-state index contributed by atoms with van der Waals surface area (Å²) in [6.07, 6.45) is 0. The van der Waals surface area contributed by atoms with Gasteiger partial charge in [-0.05, 0) is 17.7 Å². The van der Waals surface area contributed by atoms with Crippen LogP contribution in [0, 0.1) is 11.6 Å². The Morgan fingerprint density at radius 3 is 2.47 bits per heavy atom. The van der Waals surface area contributed by atoms with Crippen molar-refractivity contribution in [1.29, 1.82) is 0 Å². The fourth-order valence-corrected chi connectivity index (χ4v) is 3.38. The van der Waals surface area contributed by atoms with E-state index in [1.165, 1.54) is 0 Å². The van der Waals surface area contributed by atoms with Crippen molar-refractivity contribution < 1.29 is 21.9 Å². The summed E-state index contributed by atoms with van der Waals surface area (Å²) < 4.78 is 57.7. The second-order valence-corrected chi connectivity index (χ2v) is 6.02. The van der Waals surface area contributed by atoms with Crippen molar-refractivity contribution in [3.63, 3.8) is 0 Å². The number of nitrogens with two attached hydrogens (primary N) is 1. The summed E-state index contributed by atoms with van der Waals surface area (Å²) >= 11 is 0. The average Bonchev–Trinajstić information content (AvgIpc) is 2.42. The predicted octanol–water partition coefficient (Wildman–Crippen LogP) is 0.444. The van der Waals surface area contributed by atoms with Crippen molar-refractivity contribution >= 4 is 10.0 Å². The maximum Gasteiger partial charge on any atom is 0.246 e. The van der Waals surface area contributed by atoms with Gasteiger partial charge in [0.15, 0.2) is 11.6 Å². The molecule has 0 radical (unpaired) electrons. The summed E-state index contributed by atoms with van der Waals surface area (Å²) in [6.45, 7) is 0.648. The molecule has 1 aromatic carbocycles. The van der Waals surface area contributed by atoms with Gasteiger partial charge in [-0.3, -0.25) is 0 Å². The number of halogens is 2. The quantitative estimate of drug-likeness (QED) is 0.877. The minimum Gasteiger partial charge on any atom is -0.379 e. The molecule has 5 nitrogen and oxygen atoms in total. The van der Waals surface area contributed by atoms with Gasteiger partial charge in [-0.1, -0.05) is 0 Å². The van der Waals surface area contributed by atoms with Gasteiger partial charge < -0.3 is 10.5 Å². The molecule has 0 bridgehead atoms. The van der Waals surface area contributed by atoms with E-state index in [-0.39, 0.29) is 38.4 Å². The standard InChI is InChI=1S/C11H14F2N2O3S/c12-9-5-8(7-14)6-10(11(9)13)19(16,17)15-1-3-18-4-2-15/h5-6H,1-4,7,14H2. The zero-order chi connectivity index (χ0) is 14.0. The highest BCUT2D eigenvalue weighted by Crippen LogP contribution is 2.23. The highest BCUT2D eigenvalue weighted by Gasteiger charge is 2.30. The number of morpholine rings is 1. The van der Waals surface area contributed by atoms with Crippen LogP contribution in [0.4, 0.5) is 8.78 Å². The molecule has 0 aliphatic carbocycles. The molecule has 0 unspecified atom stereocenters. The van der Waals surface area contributed by atoms with E-state index in [9.17, 15) is 17.2 Å². The summed E-state index contributed by atoms with van der Waals surface area (Å²) in [7, 11) is -4.07. The van der Waals surface area contributed by atoms with E-state index in [4.69, 9.17) is 10.5 Å². The molecule has 1 heterocycles. The van der Waals surface area contributed by atoms with Gasteiger partial charge in [-0.15, -0.1) is 0 Å². The fourth-order valence-electron chi connectivity index (χ4n) is 1.85. The van der Waals surface area contributed by atoms with Crippen LogP contribution in [0.25, 0.3) is 0 Å². The summed E-state index contributed by atoms with van der Waals surface area (Å²) in [5.41, 5.74) is 5.57. The van der Waals surface area contributed by atoms with Crippen LogP contribution in [-0.4, -0.2) is 39.0 Å². The van der Waals surface area contributed by atoms with E-state index in [0.29, 0.717) is 0 Å². The van der Waals surface area contributed by atoms with E-state index in [0.717, 1.165) is 16.4 Å². The van der Waals surface area contributed by atoms with Gasteiger partial charge in [0, 0.05) is 19.6 Å². The van der Waals surface area contributed by atoms with Gasteiger partial charge in [-0.25, -0.2) is 17.2 Å². The summed E-state index contributed by atoms with van der Waals surface area (Å²) in [5, 5.41) is 0. The van der Waals surface area contributed by atoms with Crippen LogP contribution in [0.5, 0.6) is 0 Å². The summed E-state index contributed by atoms with van der Waals surface area (Å²) in [6, 6.07) is 1.97. The molecule has 0 spiro atoms. The Hall–Kier alpha value is -1.09. The topological polar surface area (TPSA) is 72.6 Å². The summed E-state index contributed by atoms with van der Waals surface area (Å²) in [5.74, 6) is -2.58. The van der Waals surface area contributed by atoms with Crippen molar-refractivity contribution in [3.05, 3.63) is 29.3 Å². The molecule has 1 aliphatic rings. The average molecular weight is 292 g/mol. The Bertz CT molecular complexity index is 572. The van der Waals surface area contributed by atoms with Crippen LogP contribution in [0.2, 0.25) is 0 Å². The lowest BCUT2D eigenvalue weighted by molar-refractivity contribution is 0.0729. The lowest BCUT2D eigenvalue weighted by atomic mass is 10.2. The number of hydrogen-bond donors (Lipinski definition) is 1. The Morgan fingerprint density at radius 1 is 1.26 bits per heavy atom. The molecule has 106 valence electrons. The Labute approximate surface area is 110 Å². The van der Waals surface area contributed by atoms with Crippen molar-refractivity contribution in [2.24, 2.45) is 5.73 Å². The molecule has 1 aliphatic heterocycles. The first-order chi connectivity index (χ1) is 8.96. The van der Waals surface area contributed by atoms with Crippen molar-refractivity contribution in [2.45, 2.75) is 11.4 Å². The second-order valence-electron chi connectivity index (χ2n) is 4.11. The normalized spacial score (nSPS) is 17.6. The zero-order valence-corrected chi connectivity index (χ0v) is 10.9. The third-order valence-electron chi connectivity index (χ3n) is 2.88. The molecule has 1 saturated heterocycles. The van der Waals surface area contributed by atoms with Gasteiger partial charge in [0.05, 0.1) is 13.2 Å². The molecule has 8 heteroatoms. The highest BCUT2D eigenvalue weighted by molar-refractivity contribution is 7.89. The van der Waals surface area contributed by atoms with Gasteiger partial charge in [0.2, 0.25) is 10.0 Å². The molecular weight excluding hydrogens is 278 g/mol. The van der Waals surface area contributed by atoms with Gasteiger partial charge in [0.1, 0.15) is 4.90 Å². The summed E-state index contributed by atoms with van der Waals surface area (Å²) in [4.78, 5) is -0.671. The zero-order valence-electron chi connectivity index (χ0n) is 10.1. The van der Waals surface area contributed by atoms with E-state index in [2.05, 4.69) is 0 Å². The van der Waals surface area contributed by atoms with E-state index >= 15 is 0 Å². The molecule has 0 aromatic heterocycles. The largest absolute Gasteiger partial charge is 0.379 e.